The monoisotopic (exact) mass is 505 g/mol. The molecule has 180 valence electrons. The van der Waals surface area contributed by atoms with Crippen LogP contribution in [0.2, 0.25) is 0 Å². The molecule has 0 aliphatic heterocycles. The average molecular weight is 506 g/mol. The number of carbonyl (C=O) groups is 1. The van der Waals surface area contributed by atoms with Crippen LogP contribution in [0.3, 0.4) is 0 Å². The molecule has 0 aliphatic carbocycles. The lowest BCUT2D eigenvalue weighted by Gasteiger charge is -2.30. The molecule has 1 aromatic heterocycles. The molecule has 3 rings (SSSR count). The van der Waals surface area contributed by atoms with E-state index in [9.17, 15) is 23.3 Å². The van der Waals surface area contributed by atoms with Crippen molar-refractivity contribution in [3.8, 4) is 16.3 Å². The first-order valence-corrected chi connectivity index (χ1v) is 12.7. The number of anilines is 2. The van der Waals surface area contributed by atoms with E-state index < -0.39 is 26.9 Å². The molecule has 1 amide bonds. The molecule has 3 aromatic rings. The zero-order valence-corrected chi connectivity index (χ0v) is 20.5. The van der Waals surface area contributed by atoms with Crippen molar-refractivity contribution in [3.05, 3.63) is 58.1 Å². The summed E-state index contributed by atoms with van der Waals surface area (Å²) < 4.78 is 31.5. The number of rotatable bonds is 9. The third-order valence-corrected chi connectivity index (χ3v) is 7.02. The summed E-state index contributed by atoms with van der Waals surface area (Å²) >= 11 is 1.13. The predicted molar refractivity (Wildman–Crippen MR) is 130 cm³/mol. The second-order valence-corrected chi connectivity index (χ2v) is 10.2. The second kappa shape index (κ2) is 10.1. The summed E-state index contributed by atoms with van der Waals surface area (Å²) in [6.07, 6.45) is 1.07. The number of hydrogen-bond donors (Lipinski definition) is 1. The van der Waals surface area contributed by atoms with Crippen LogP contribution >= 0.6 is 11.3 Å². The number of methoxy groups -OCH3 is 1. The highest BCUT2D eigenvalue weighted by atomic mass is 32.2. The number of aromatic nitrogens is 2. The van der Waals surface area contributed by atoms with Crippen molar-refractivity contribution in [2.45, 2.75) is 26.3 Å². The third kappa shape index (κ3) is 5.48. The quantitative estimate of drug-likeness (QED) is 0.343. The highest BCUT2D eigenvalue weighted by Crippen LogP contribution is 2.32. The van der Waals surface area contributed by atoms with Gasteiger partial charge < -0.3 is 4.74 Å². The maximum atomic E-state index is 13.1. The minimum Gasteiger partial charge on any atom is -0.497 e. The van der Waals surface area contributed by atoms with E-state index >= 15 is 0 Å². The van der Waals surface area contributed by atoms with Gasteiger partial charge in [0.05, 0.1) is 24.0 Å². The minimum absolute atomic E-state index is 0.0647. The van der Waals surface area contributed by atoms with Gasteiger partial charge in [-0.3, -0.25) is 24.5 Å². The number of non-ortho nitro benzene ring substituents is 1. The van der Waals surface area contributed by atoms with Crippen molar-refractivity contribution in [3.63, 3.8) is 0 Å². The molecule has 1 heterocycles. The number of aryl methyl sites for hydroxylation is 1. The van der Waals surface area contributed by atoms with Crippen LogP contribution in [0.4, 0.5) is 16.5 Å². The van der Waals surface area contributed by atoms with E-state index in [1.807, 2.05) is 0 Å². The molecular weight excluding hydrogens is 482 g/mol. The van der Waals surface area contributed by atoms with Gasteiger partial charge in [0.15, 0.2) is 0 Å². The normalized spacial score (nSPS) is 12.1. The molecule has 0 radical (unpaired) electrons. The summed E-state index contributed by atoms with van der Waals surface area (Å²) in [7, 11) is -2.41. The molecule has 0 saturated carbocycles. The van der Waals surface area contributed by atoms with Gasteiger partial charge in [-0.1, -0.05) is 24.3 Å². The largest absolute Gasteiger partial charge is 0.497 e. The number of nitro groups is 1. The Labute approximate surface area is 200 Å². The van der Waals surface area contributed by atoms with Crippen molar-refractivity contribution in [2.24, 2.45) is 0 Å². The van der Waals surface area contributed by atoms with Crippen molar-refractivity contribution < 1.29 is 22.9 Å². The van der Waals surface area contributed by atoms with Gasteiger partial charge in [0.25, 0.3) is 5.69 Å². The Morgan fingerprint density at radius 2 is 1.91 bits per heavy atom. The van der Waals surface area contributed by atoms with E-state index in [1.54, 1.807) is 45.2 Å². The molecule has 0 unspecified atom stereocenters. The molecule has 0 bridgehead atoms. The van der Waals surface area contributed by atoms with Crippen molar-refractivity contribution >= 4 is 43.8 Å². The fourth-order valence-electron chi connectivity index (χ4n) is 3.30. The van der Waals surface area contributed by atoms with Gasteiger partial charge in [0.2, 0.25) is 21.1 Å². The molecule has 2 aromatic carbocycles. The van der Waals surface area contributed by atoms with Gasteiger partial charge in [-0.15, -0.1) is 10.2 Å². The molecule has 1 N–H and O–H groups in total. The molecule has 1 atom stereocenters. The van der Waals surface area contributed by atoms with Crippen LogP contribution in [0.5, 0.6) is 5.75 Å². The van der Waals surface area contributed by atoms with Crippen LogP contribution in [0.25, 0.3) is 10.6 Å². The fourth-order valence-corrected chi connectivity index (χ4v) is 5.31. The molecule has 0 fully saturated rings. The number of amides is 1. The van der Waals surface area contributed by atoms with Crippen LogP contribution in [0, 0.1) is 17.0 Å². The molecule has 34 heavy (non-hydrogen) atoms. The first-order chi connectivity index (χ1) is 16.0. The first kappa shape index (κ1) is 25.1. The van der Waals surface area contributed by atoms with E-state index in [4.69, 9.17) is 4.74 Å². The van der Waals surface area contributed by atoms with E-state index in [-0.39, 0.29) is 22.9 Å². The van der Waals surface area contributed by atoms with Crippen LogP contribution in [-0.2, 0) is 14.8 Å². The van der Waals surface area contributed by atoms with Crippen molar-refractivity contribution in [2.75, 3.05) is 23.0 Å². The lowest BCUT2D eigenvalue weighted by molar-refractivity contribution is -0.384. The average Bonchev–Trinajstić information content (AvgIpc) is 3.25. The summed E-state index contributed by atoms with van der Waals surface area (Å²) in [5, 5.41) is 22.7. The van der Waals surface area contributed by atoms with Crippen molar-refractivity contribution in [1.82, 2.24) is 10.2 Å². The van der Waals surface area contributed by atoms with Gasteiger partial charge in [-0.2, -0.15) is 0 Å². The number of nitrogens with one attached hydrogen (secondary N) is 1. The number of sulfonamides is 1. The van der Waals surface area contributed by atoms with Crippen LogP contribution in [0.15, 0.2) is 42.5 Å². The molecule has 11 nitrogen and oxygen atoms in total. The zero-order chi connectivity index (χ0) is 25.0. The topological polar surface area (TPSA) is 145 Å². The SMILES string of the molecule is CC[C@H](C(=O)Nc1nnc(-c2ccc(OC)cc2)s1)N(c1cc([N+](=O)[O-])ccc1C)S(C)(=O)=O. The summed E-state index contributed by atoms with van der Waals surface area (Å²) in [6, 6.07) is 9.86. The maximum absolute atomic E-state index is 13.1. The number of benzene rings is 2. The van der Waals surface area contributed by atoms with Gasteiger partial charge in [0, 0.05) is 17.7 Å². The standard InChI is InChI=1S/C21H23N5O6S2/c1-5-17(25(34(4,30)31)18-12-15(26(28)29)9-6-13(18)2)19(27)22-21-24-23-20(33-21)14-7-10-16(32-3)11-8-14/h6-12,17H,5H2,1-4H3,(H,22,24,27)/t17-/m1/s1. The molecule has 0 spiro atoms. The maximum Gasteiger partial charge on any atom is 0.271 e. The van der Waals surface area contributed by atoms with Crippen LogP contribution < -0.4 is 14.4 Å². The Hall–Kier alpha value is -3.58. The Morgan fingerprint density at radius 1 is 1.24 bits per heavy atom. The van der Waals surface area contributed by atoms with E-state index in [0.29, 0.717) is 16.3 Å². The Balaban J connectivity index is 1.90. The van der Waals surface area contributed by atoms with Gasteiger partial charge >= 0.3 is 0 Å². The van der Waals surface area contributed by atoms with E-state index in [0.717, 1.165) is 33.5 Å². The minimum atomic E-state index is -3.97. The Kier molecular flexibility index (Phi) is 7.47. The lowest BCUT2D eigenvalue weighted by atomic mass is 10.1. The number of nitrogens with zero attached hydrogens (tertiary/aromatic N) is 4. The summed E-state index contributed by atoms with van der Waals surface area (Å²) in [6.45, 7) is 3.27. The first-order valence-electron chi connectivity index (χ1n) is 10.1. The van der Waals surface area contributed by atoms with E-state index in [2.05, 4.69) is 15.5 Å². The zero-order valence-electron chi connectivity index (χ0n) is 18.9. The van der Waals surface area contributed by atoms with Gasteiger partial charge in [-0.25, -0.2) is 8.42 Å². The number of hydrogen-bond acceptors (Lipinski definition) is 9. The molecular formula is C21H23N5O6S2. The highest BCUT2D eigenvalue weighted by molar-refractivity contribution is 7.92. The highest BCUT2D eigenvalue weighted by Gasteiger charge is 2.33. The summed E-state index contributed by atoms with van der Waals surface area (Å²) in [5.74, 6) is 0.0566. The van der Waals surface area contributed by atoms with Gasteiger partial charge in [0.1, 0.15) is 16.8 Å². The van der Waals surface area contributed by atoms with Crippen LogP contribution in [-0.4, -0.2) is 48.9 Å². The van der Waals surface area contributed by atoms with Crippen LogP contribution in [0.1, 0.15) is 18.9 Å². The Morgan fingerprint density at radius 3 is 2.47 bits per heavy atom. The number of ether oxygens (including phenoxy) is 1. The number of carbonyl (C=O) groups excluding carboxylic acids is 1. The summed E-state index contributed by atoms with van der Waals surface area (Å²) in [4.78, 5) is 23.8. The van der Waals surface area contributed by atoms with Gasteiger partial charge in [-0.05, 0) is 43.2 Å². The predicted octanol–water partition coefficient (Wildman–Crippen LogP) is 3.61. The molecule has 0 saturated heterocycles. The Bertz CT molecular complexity index is 1310. The number of nitro benzene ring substituents is 1. The van der Waals surface area contributed by atoms with Crippen molar-refractivity contribution in [1.29, 1.82) is 0 Å². The summed E-state index contributed by atoms with van der Waals surface area (Å²) in [5.41, 5.74) is 1.03. The smallest absolute Gasteiger partial charge is 0.271 e. The second-order valence-electron chi connectivity index (χ2n) is 7.34. The molecule has 13 heteroatoms. The molecule has 0 aliphatic rings. The third-order valence-electron chi connectivity index (χ3n) is 4.96. The fraction of sp³-hybridized carbons (Fsp3) is 0.286. The van der Waals surface area contributed by atoms with E-state index in [1.165, 1.54) is 12.1 Å². The lowest BCUT2D eigenvalue weighted by Crippen LogP contribution is -2.47.